The van der Waals surface area contributed by atoms with Gasteiger partial charge in [0.15, 0.2) is 0 Å². The van der Waals surface area contributed by atoms with E-state index in [0.29, 0.717) is 0 Å². The molecule has 0 spiro atoms. The van der Waals surface area contributed by atoms with Crippen LogP contribution < -0.4 is 5.73 Å². The summed E-state index contributed by atoms with van der Waals surface area (Å²) in [5.41, 5.74) is 9.53. The second-order valence-electron chi connectivity index (χ2n) is 2.51. The Morgan fingerprint density at radius 3 is 2.82 bits per heavy atom. The number of rotatable bonds is 0. The molecule has 0 saturated carbocycles. The summed E-state index contributed by atoms with van der Waals surface area (Å²) >= 11 is 0. The van der Waals surface area contributed by atoms with Crippen LogP contribution in [0.5, 0.6) is 0 Å². The Bertz CT molecular complexity index is 273. The van der Waals surface area contributed by atoms with Crippen molar-refractivity contribution < 1.29 is 0 Å². The molecule has 0 aromatic heterocycles. The molecule has 2 N–H and O–H groups in total. The average Bonchev–Trinajstić information content (AvgIpc) is 2.06. The Balaban J connectivity index is 2.49. The Labute approximate surface area is 74.1 Å². The summed E-state index contributed by atoms with van der Waals surface area (Å²) in [4.78, 5) is 0. The Morgan fingerprint density at radius 1 is 1.18 bits per heavy atom. The zero-order valence-electron chi connectivity index (χ0n) is 6.04. The lowest BCUT2D eigenvalue weighted by molar-refractivity contribution is 1.28. The molecular weight excluding hydrogens is 174 g/mol. The summed E-state index contributed by atoms with van der Waals surface area (Å²) in [5.74, 6) is 2.16. The van der Waals surface area contributed by atoms with Crippen molar-refractivity contribution in [3.05, 3.63) is 29.3 Å². The smallest absolute Gasteiger partial charge is 0.0358 e. The third-order valence-corrected chi connectivity index (χ3v) is 4.02. The van der Waals surface area contributed by atoms with Crippen LogP contribution in [0.25, 0.3) is 0 Å². The van der Waals surface area contributed by atoms with Crippen molar-refractivity contribution in [2.24, 2.45) is 0 Å². The molecule has 0 aliphatic carbocycles. The minimum Gasteiger partial charge on any atom is -0.398 e. The number of nitrogens with two attached hydrogens (primary N) is 1. The van der Waals surface area contributed by atoms with E-state index in [9.17, 15) is 0 Å². The number of fused-ring (bicyclic) bond motifs is 1. The number of benzene rings is 1. The van der Waals surface area contributed by atoms with Gasteiger partial charge in [0.2, 0.25) is 0 Å². The SMILES string of the molecule is Nc1cccc2c1CSSC2. The first-order chi connectivity index (χ1) is 5.38. The molecule has 0 saturated heterocycles. The standard InChI is InChI=1S/C8H9NS2/c9-8-3-1-2-6-4-10-11-5-7(6)8/h1-3H,4-5,9H2. The van der Waals surface area contributed by atoms with Crippen molar-refractivity contribution in [2.75, 3.05) is 5.73 Å². The van der Waals surface area contributed by atoms with E-state index < -0.39 is 0 Å². The molecule has 0 amide bonds. The van der Waals surface area contributed by atoms with Gasteiger partial charge in [0.25, 0.3) is 0 Å². The van der Waals surface area contributed by atoms with Gasteiger partial charge in [-0.15, -0.1) is 0 Å². The molecule has 0 radical (unpaired) electrons. The van der Waals surface area contributed by atoms with Crippen LogP contribution in [0.1, 0.15) is 11.1 Å². The quantitative estimate of drug-likeness (QED) is 0.494. The summed E-state index contributed by atoms with van der Waals surface area (Å²) in [6.45, 7) is 0. The average molecular weight is 183 g/mol. The van der Waals surface area contributed by atoms with Crippen molar-refractivity contribution in [1.82, 2.24) is 0 Å². The van der Waals surface area contributed by atoms with Gasteiger partial charge >= 0.3 is 0 Å². The first kappa shape index (κ1) is 7.37. The minimum absolute atomic E-state index is 0.954. The van der Waals surface area contributed by atoms with Crippen LogP contribution >= 0.6 is 21.6 Å². The topological polar surface area (TPSA) is 26.0 Å². The molecule has 1 aliphatic heterocycles. The van der Waals surface area contributed by atoms with Crippen molar-refractivity contribution in [3.8, 4) is 0 Å². The zero-order chi connectivity index (χ0) is 7.68. The fourth-order valence-electron chi connectivity index (χ4n) is 1.17. The van der Waals surface area contributed by atoms with Crippen molar-refractivity contribution in [2.45, 2.75) is 11.5 Å². The minimum atomic E-state index is 0.954. The lowest BCUT2D eigenvalue weighted by Crippen LogP contribution is -1.99. The summed E-state index contributed by atoms with van der Waals surface area (Å²) in [6.07, 6.45) is 0. The Morgan fingerprint density at radius 2 is 2.00 bits per heavy atom. The maximum absolute atomic E-state index is 5.82. The van der Waals surface area contributed by atoms with E-state index in [4.69, 9.17) is 5.73 Å². The molecule has 1 heterocycles. The largest absolute Gasteiger partial charge is 0.398 e. The van der Waals surface area contributed by atoms with Crippen molar-refractivity contribution in [1.29, 1.82) is 0 Å². The molecule has 0 bridgehead atoms. The highest BCUT2D eigenvalue weighted by Gasteiger charge is 2.11. The van der Waals surface area contributed by atoms with E-state index in [0.717, 1.165) is 17.2 Å². The molecule has 1 aromatic carbocycles. The highest BCUT2D eigenvalue weighted by atomic mass is 33.1. The summed E-state index contributed by atoms with van der Waals surface area (Å²) in [7, 11) is 3.80. The molecule has 58 valence electrons. The van der Waals surface area contributed by atoms with Crippen LogP contribution in [-0.2, 0) is 11.5 Å². The highest BCUT2D eigenvalue weighted by Crippen LogP contribution is 2.38. The molecule has 11 heavy (non-hydrogen) atoms. The van der Waals surface area contributed by atoms with Crippen LogP contribution in [0.2, 0.25) is 0 Å². The van der Waals surface area contributed by atoms with Gasteiger partial charge in [-0.3, -0.25) is 0 Å². The second kappa shape index (κ2) is 2.99. The van der Waals surface area contributed by atoms with Crippen LogP contribution in [0, 0.1) is 0 Å². The molecule has 1 aliphatic rings. The monoisotopic (exact) mass is 183 g/mol. The van der Waals surface area contributed by atoms with E-state index in [1.54, 1.807) is 0 Å². The maximum Gasteiger partial charge on any atom is 0.0358 e. The summed E-state index contributed by atoms with van der Waals surface area (Å²) in [5, 5.41) is 0. The van der Waals surface area contributed by atoms with Gasteiger partial charge in [-0.05, 0) is 17.2 Å². The first-order valence-electron chi connectivity index (χ1n) is 3.48. The van der Waals surface area contributed by atoms with E-state index in [2.05, 4.69) is 6.07 Å². The van der Waals surface area contributed by atoms with Gasteiger partial charge in [0.05, 0.1) is 0 Å². The van der Waals surface area contributed by atoms with Gasteiger partial charge in [-0.1, -0.05) is 33.7 Å². The predicted octanol–water partition coefficient (Wildman–Crippen LogP) is 2.66. The predicted molar refractivity (Wildman–Crippen MR) is 53.4 cm³/mol. The van der Waals surface area contributed by atoms with Gasteiger partial charge in [0, 0.05) is 17.2 Å². The number of anilines is 1. The fourth-order valence-corrected chi connectivity index (χ4v) is 3.44. The van der Waals surface area contributed by atoms with Crippen molar-refractivity contribution >= 4 is 27.3 Å². The van der Waals surface area contributed by atoms with Crippen LogP contribution in [0.3, 0.4) is 0 Å². The summed E-state index contributed by atoms with van der Waals surface area (Å²) < 4.78 is 0. The highest BCUT2D eigenvalue weighted by molar-refractivity contribution is 8.76. The summed E-state index contributed by atoms with van der Waals surface area (Å²) in [6, 6.07) is 6.18. The van der Waals surface area contributed by atoms with E-state index in [1.165, 1.54) is 11.1 Å². The lowest BCUT2D eigenvalue weighted by atomic mass is 10.1. The molecule has 1 nitrogen and oxygen atoms in total. The molecular formula is C8H9NS2. The normalized spacial score (nSPS) is 16.0. The molecule has 0 atom stereocenters. The Kier molecular flexibility index (Phi) is 2.00. The lowest BCUT2D eigenvalue weighted by Gasteiger charge is -2.15. The van der Waals surface area contributed by atoms with Gasteiger partial charge in [0.1, 0.15) is 0 Å². The second-order valence-corrected chi connectivity index (χ2v) is 4.97. The van der Waals surface area contributed by atoms with E-state index in [1.807, 2.05) is 33.7 Å². The maximum atomic E-state index is 5.82. The molecule has 1 aromatic rings. The van der Waals surface area contributed by atoms with Crippen molar-refractivity contribution in [3.63, 3.8) is 0 Å². The third-order valence-electron chi connectivity index (χ3n) is 1.81. The molecule has 2 rings (SSSR count). The third kappa shape index (κ3) is 1.35. The molecule has 0 fully saturated rings. The molecule has 3 heteroatoms. The van der Waals surface area contributed by atoms with E-state index in [-0.39, 0.29) is 0 Å². The number of hydrogen-bond donors (Lipinski definition) is 1. The van der Waals surface area contributed by atoms with Crippen LogP contribution in [0.4, 0.5) is 5.69 Å². The zero-order valence-corrected chi connectivity index (χ0v) is 7.67. The van der Waals surface area contributed by atoms with E-state index >= 15 is 0 Å². The molecule has 0 unspecified atom stereocenters. The number of nitrogen functional groups attached to an aromatic ring is 1. The fraction of sp³-hybridized carbons (Fsp3) is 0.250. The van der Waals surface area contributed by atoms with Crippen LogP contribution in [-0.4, -0.2) is 0 Å². The first-order valence-corrected chi connectivity index (χ1v) is 5.97. The van der Waals surface area contributed by atoms with Crippen LogP contribution in [0.15, 0.2) is 18.2 Å². The number of hydrogen-bond acceptors (Lipinski definition) is 3. The van der Waals surface area contributed by atoms with Gasteiger partial charge < -0.3 is 5.73 Å². The van der Waals surface area contributed by atoms with Gasteiger partial charge in [-0.2, -0.15) is 0 Å². The Hall–Kier alpha value is -0.280. The van der Waals surface area contributed by atoms with Gasteiger partial charge in [-0.25, -0.2) is 0 Å².